The SMILES string of the molecule is C=CCOc1ccc(/C=c2/sc3n(c2=O)[C@@H](c2cc(OC)c(OCC)cc2Br)C(C(=O)OCC)=C(C)N=3)cc1OC. The Balaban J connectivity index is 1.93. The molecule has 2 heterocycles. The van der Waals surface area contributed by atoms with Crippen LogP contribution in [-0.4, -0.2) is 44.6 Å². The number of carbonyl (C=O) groups excluding carboxylic acids is 1. The monoisotopic (exact) mass is 642 g/mol. The van der Waals surface area contributed by atoms with Crippen LogP contribution >= 0.6 is 27.3 Å². The number of allylic oxidation sites excluding steroid dienone is 1. The lowest BCUT2D eigenvalue weighted by molar-refractivity contribution is -0.139. The number of hydrogen-bond donors (Lipinski definition) is 0. The maximum Gasteiger partial charge on any atom is 0.338 e. The van der Waals surface area contributed by atoms with E-state index in [1.807, 2.05) is 13.0 Å². The van der Waals surface area contributed by atoms with E-state index in [0.29, 0.717) is 61.3 Å². The van der Waals surface area contributed by atoms with Gasteiger partial charge in [0.2, 0.25) is 0 Å². The predicted molar refractivity (Wildman–Crippen MR) is 161 cm³/mol. The van der Waals surface area contributed by atoms with Crippen molar-refractivity contribution in [3.63, 3.8) is 0 Å². The van der Waals surface area contributed by atoms with Gasteiger partial charge in [-0.15, -0.1) is 0 Å². The number of benzene rings is 2. The van der Waals surface area contributed by atoms with Gasteiger partial charge in [0, 0.05) is 4.47 Å². The average Bonchev–Trinajstić information content (AvgIpc) is 3.25. The van der Waals surface area contributed by atoms with Gasteiger partial charge in [0.1, 0.15) is 6.61 Å². The molecule has 0 bridgehead atoms. The Bertz CT molecular complexity index is 1690. The molecule has 0 spiro atoms. The number of nitrogens with zero attached hydrogens (tertiary/aromatic N) is 2. The van der Waals surface area contributed by atoms with E-state index < -0.39 is 12.0 Å². The van der Waals surface area contributed by atoms with E-state index in [0.717, 1.165) is 5.56 Å². The summed E-state index contributed by atoms with van der Waals surface area (Å²) in [5.41, 5.74) is 1.79. The van der Waals surface area contributed by atoms with Crippen LogP contribution in [0.4, 0.5) is 0 Å². The molecule has 0 N–H and O–H groups in total. The van der Waals surface area contributed by atoms with Gasteiger partial charge in [0.15, 0.2) is 27.8 Å². The van der Waals surface area contributed by atoms with E-state index in [2.05, 4.69) is 27.5 Å². The van der Waals surface area contributed by atoms with Crippen LogP contribution in [0.2, 0.25) is 0 Å². The molecule has 9 nitrogen and oxygen atoms in total. The average molecular weight is 644 g/mol. The topological polar surface area (TPSA) is 97.6 Å². The number of hydrogen-bond acceptors (Lipinski definition) is 9. The Morgan fingerprint density at radius 3 is 2.46 bits per heavy atom. The molecule has 0 aliphatic carbocycles. The third-order valence-electron chi connectivity index (χ3n) is 6.24. The molecule has 1 aromatic heterocycles. The lowest BCUT2D eigenvalue weighted by atomic mass is 9.95. The van der Waals surface area contributed by atoms with Gasteiger partial charge in [-0.05, 0) is 62.2 Å². The van der Waals surface area contributed by atoms with Crippen LogP contribution < -0.4 is 33.8 Å². The summed E-state index contributed by atoms with van der Waals surface area (Å²) in [4.78, 5) is 32.4. The second-order valence-corrected chi connectivity index (χ2v) is 10.6. The molecule has 216 valence electrons. The first kappa shape index (κ1) is 30.1. The number of methoxy groups -OCH3 is 2. The minimum Gasteiger partial charge on any atom is -0.493 e. The van der Waals surface area contributed by atoms with Gasteiger partial charge in [0.25, 0.3) is 5.56 Å². The first-order valence-corrected chi connectivity index (χ1v) is 14.5. The molecule has 2 aromatic carbocycles. The maximum absolute atomic E-state index is 14.0. The fourth-order valence-electron chi connectivity index (χ4n) is 4.47. The fraction of sp³-hybridized carbons (Fsp3) is 0.300. The second-order valence-electron chi connectivity index (χ2n) is 8.77. The Morgan fingerprint density at radius 2 is 1.80 bits per heavy atom. The lowest BCUT2D eigenvalue weighted by Crippen LogP contribution is -2.40. The number of carbonyl (C=O) groups is 1. The van der Waals surface area contributed by atoms with Crippen LogP contribution in [-0.2, 0) is 9.53 Å². The molecule has 0 unspecified atom stereocenters. The quantitative estimate of drug-likeness (QED) is 0.224. The zero-order valence-corrected chi connectivity index (χ0v) is 25.9. The minimum absolute atomic E-state index is 0.175. The Kier molecular flexibility index (Phi) is 9.72. The lowest BCUT2D eigenvalue weighted by Gasteiger charge is -2.26. The fourth-order valence-corrected chi connectivity index (χ4v) is 6.05. The molecule has 41 heavy (non-hydrogen) atoms. The molecule has 0 radical (unpaired) electrons. The van der Waals surface area contributed by atoms with E-state index in [1.54, 1.807) is 57.4 Å². The third kappa shape index (κ3) is 6.11. The Morgan fingerprint density at radius 1 is 1.07 bits per heavy atom. The van der Waals surface area contributed by atoms with E-state index >= 15 is 0 Å². The molecule has 0 amide bonds. The summed E-state index contributed by atoms with van der Waals surface area (Å²) in [5, 5.41) is 0. The van der Waals surface area contributed by atoms with Gasteiger partial charge >= 0.3 is 5.97 Å². The molecule has 1 aliphatic rings. The van der Waals surface area contributed by atoms with Crippen LogP contribution in [0.25, 0.3) is 6.08 Å². The Labute approximate surface area is 250 Å². The highest BCUT2D eigenvalue weighted by molar-refractivity contribution is 9.10. The van der Waals surface area contributed by atoms with E-state index in [9.17, 15) is 9.59 Å². The highest BCUT2D eigenvalue weighted by Gasteiger charge is 2.35. The normalized spacial score (nSPS) is 14.7. The summed E-state index contributed by atoms with van der Waals surface area (Å²) < 4.78 is 30.4. The number of rotatable bonds is 11. The third-order valence-corrected chi connectivity index (χ3v) is 7.91. The van der Waals surface area contributed by atoms with Crippen molar-refractivity contribution < 1.29 is 28.5 Å². The highest BCUT2D eigenvalue weighted by atomic mass is 79.9. The van der Waals surface area contributed by atoms with E-state index in [4.69, 9.17) is 23.7 Å². The number of aromatic nitrogens is 1. The molecule has 3 aromatic rings. The molecule has 1 aliphatic heterocycles. The molecule has 11 heteroatoms. The van der Waals surface area contributed by atoms with Gasteiger partial charge in [-0.25, -0.2) is 9.79 Å². The standard InChI is InChI=1S/C30H31BrN2O7S/c1-7-12-40-21-11-10-18(13-22(21)36-5)14-25-28(34)33-27(19-15-23(37-6)24(38-8-2)16-20(19)31)26(29(35)39-9-3)17(4)32-30(33)41-25/h7,10-11,13-16,27H,1,8-9,12H2,2-6H3/b25-14+/t27-/m0/s1. The van der Waals surface area contributed by atoms with Crippen LogP contribution in [0.15, 0.2) is 68.5 Å². The smallest absolute Gasteiger partial charge is 0.338 e. The number of fused-ring (bicyclic) bond motifs is 1. The number of halogens is 1. The molecular formula is C30H31BrN2O7S. The van der Waals surface area contributed by atoms with Gasteiger partial charge in [-0.1, -0.05) is 46.0 Å². The van der Waals surface area contributed by atoms with Crippen LogP contribution in [0, 0.1) is 0 Å². The van der Waals surface area contributed by atoms with Crippen molar-refractivity contribution in [2.75, 3.05) is 34.0 Å². The molecule has 0 saturated carbocycles. The van der Waals surface area contributed by atoms with Crippen LogP contribution in [0.1, 0.15) is 37.9 Å². The van der Waals surface area contributed by atoms with E-state index in [-0.39, 0.29) is 17.7 Å². The summed E-state index contributed by atoms with van der Waals surface area (Å²) in [6.45, 7) is 9.97. The predicted octanol–water partition coefficient (Wildman–Crippen LogP) is 4.54. The van der Waals surface area contributed by atoms with Crippen LogP contribution in [0.3, 0.4) is 0 Å². The van der Waals surface area contributed by atoms with Crippen LogP contribution in [0.5, 0.6) is 23.0 Å². The van der Waals surface area contributed by atoms with Gasteiger partial charge in [0.05, 0.1) is 49.3 Å². The largest absolute Gasteiger partial charge is 0.493 e. The maximum atomic E-state index is 14.0. The summed E-state index contributed by atoms with van der Waals surface area (Å²) in [5.74, 6) is 1.54. The summed E-state index contributed by atoms with van der Waals surface area (Å²) in [6, 6.07) is 8.11. The summed E-state index contributed by atoms with van der Waals surface area (Å²) in [6.07, 6.45) is 3.41. The second kappa shape index (κ2) is 13.2. The minimum atomic E-state index is -0.824. The van der Waals surface area contributed by atoms with Crippen molar-refractivity contribution in [3.8, 4) is 23.0 Å². The molecule has 1 atom stereocenters. The van der Waals surface area contributed by atoms with Gasteiger partial charge < -0.3 is 23.7 Å². The van der Waals surface area contributed by atoms with Gasteiger partial charge in [-0.3, -0.25) is 9.36 Å². The zero-order chi connectivity index (χ0) is 29.7. The first-order chi connectivity index (χ1) is 19.8. The van der Waals surface area contributed by atoms with Crippen molar-refractivity contribution in [2.45, 2.75) is 26.8 Å². The molecule has 4 rings (SSSR count). The highest BCUT2D eigenvalue weighted by Crippen LogP contribution is 2.41. The molecule has 0 saturated heterocycles. The zero-order valence-electron chi connectivity index (χ0n) is 23.5. The summed E-state index contributed by atoms with van der Waals surface area (Å²) >= 11 is 4.87. The van der Waals surface area contributed by atoms with E-state index in [1.165, 1.54) is 23.0 Å². The van der Waals surface area contributed by atoms with Crippen molar-refractivity contribution in [1.29, 1.82) is 0 Å². The van der Waals surface area contributed by atoms with Crippen molar-refractivity contribution in [3.05, 3.63) is 89.5 Å². The number of esters is 1. The first-order valence-electron chi connectivity index (χ1n) is 12.9. The Hall–Kier alpha value is -3.83. The molecule has 0 fully saturated rings. The summed E-state index contributed by atoms with van der Waals surface area (Å²) in [7, 11) is 3.09. The molecular weight excluding hydrogens is 612 g/mol. The van der Waals surface area contributed by atoms with Crippen molar-refractivity contribution in [1.82, 2.24) is 4.57 Å². The van der Waals surface area contributed by atoms with Crippen molar-refractivity contribution in [2.24, 2.45) is 4.99 Å². The number of ether oxygens (including phenoxy) is 5. The van der Waals surface area contributed by atoms with Crippen molar-refractivity contribution >= 4 is 39.3 Å². The number of thiazole rings is 1. The van der Waals surface area contributed by atoms with Gasteiger partial charge in [-0.2, -0.15) is 0 Å².